The summed E-state index contributed by atoms with van der Waals surface area (Å²) in [5, 5.41) is 9.40. The van der Waals surface area contributed by atoms with E-state index in [2.05, 4.69) is 367 Å². The van der Waals surface area contributed by atoms with Crippen LogP contribution >= 0.6 is 0 Å². The Labute approximate surface area is 619 Å². The van der Waals surface area contributed by atoms with Crippen LogP contribution in [0.4, 0.5) is 5.69 Å². The Morgan fingerprint density at radius 1 is 0.245 bits per heavy atom. The van der Waals surface area contributed by atoms with E-state index in [0.29, 0.717) is 23.2 Å². The molecular weight excluding hydrogens is 1290 g/mol. The van der Waals surface area contributed by atoms with E-state index in [1.807, 2.05) is 18.2 Å². The second-order valence-corrected chi connectivity index (χ2v) is 32.9. The third kappa shape index (κ3) is 11.0. The minimum Gasteiger partial charge on any atom is -0.309 e. The smallest absolute Gasteiger partial charge is 0.187 e. The van der Waals surface area contributed by atoms with Crippen LogP contribution in [0.1, 0.15) is 105 Å². The molecule has 0 saturated carbocycles. The summed E-state index contributed by atoms with van der Waals surface area (Å²) in [6.07, 6.45) is 0. The summed E-state index contributed by atoms with van der Waals surface area (Å²) < 4.78 is 9.77. The van der Waals surface area contributed by atoms with Crippen LogP contribution in [-0.2, 0) is 21.7 Å². The van der Waals surface area contributed by atoms with Crippen LogP contribution in [0.15, 0.2) is 279 Å². The summed E-state index contributed by atoms with van der Waals surface area (Å²) in [5.41, 5.74) is 24.3. The van der Waals surface area contributed by atoms with E-state index in [9.17, 15) is 0 Å². The molecule has 0 aliphatic heterocycles. The molecular formula is C98H82N8. The zero-order valence-corrected chi connectivity index (χ0v) is 62.1. The predicted molar refractivity (Wildman–Crippen MR) is 445 cm³/mol. The van der Waals surface area contributed by atoms with E-state index in [1.54, 1.807) is 0 Å². The molecule has 18 aromatic rings. The van der Waals surface area contributed by atoms with Gasteiger partial charge in [-0.3, -0.25) is 0 Å². The van der Waals surface area contributed by atoms with Crippen LogP contribution in [-0.4, -0.2) is 33.2 Å². The molecule has 514 valence electrons. The highest BCUT2D eigenvalue weighted by atomic mass is 15.0. The van der Waals surface area contributed by atoms with E-state index in [0.717, 1.165) is 127 Å². The van der Waals surface area contributed by atoms with Gasteiger partial charge in [0.05, 0.1) is 62.1 Å². The average Bonchev–Trinajstić information content (AvgIpc) is 1.54. The highest BCUT2D eigenvalue weighted by Gasteiger charge is 2.29. The van der Waals surface area contributed by atoms with Crippen molar-refractivity contribution in [2.75, 3.05) is 0 Å². The molecule has 5 aromatic heterocycles. The first-order valence-electron chi connectivity index (χ1n) is 36.9. The van der Waals surface area contributed by atoms with E-state index in [-0.39, 0.29) is 21.7 Å². The van der Waals surface area contributed by atoms with Crippen LogP contribution in [0.25, 0.3) is 171 Å². The average molecular weight is 1370 g/mol. The Bertz CT molecular complexity index is 6440. The molecule has 0 fully saturated rings. The van der Waals surface area contributed by atoms with Crippen molar-refractivity contribution < 1.29 is 0 Å². The first-order chi connectivity index (χ1) is 51.0. The number of fused-ring (bicyclic) bond motifs is 12. The van der Waals surface area contributed by atoms with E-state index in [1.165, 1.54) is 43.8 Å². The van der Waals surface area contributed by atoms with Gasteiger partial charge in [0, 0.05) is 82.3 Å². The van der Waals surface area contributed by atoms with Gasteiger partial charge in [-0.2, -0.15) is 0 Å². The molecule has 0 saturated heterocycles. The lowest BCUT2D eigenvalue weighted by molar-refractivity contribution is 0.568. The Kier molecular flexibility index (Phi) is 15.1. The molecule has 0 atom stereocenters. The molecule has 0 bridgehead atoms. The van der Waals surface area contributed by atoms with Gasteiger partial charge in [-0.15, -0.1) is 0 Å². The van der Waals surface area contributed by atoms with E-state index >= 15 is 0 Å². The topological polar surface area (TPSA) is 62.8 Å². The van der Waals surface area contributed by atoms with Crippen LogP contribution in [0.3, 0.4) is 0 Å². The Morgan fingerprint density at radius 2 is 0.547 bits per heavy atom. The maximum absolute atomic E-state index is 8.26. The first-order valence-corrected chi connectivity index (χ1v) is 36.9. The summed E-state index contributed by atoms with van der Waals surface area (Å²) in [5.74, 6) is 1.77. The van der Waals surface area contributed by atoms with E-state index in [4.69, 9.17) is 21.5 Å². The minimum absolute atomic E-state index is 0.171. The summed E-state index contributed by atoms with van der Waals surface area (Å²) >= 11 is 0. The molecule has 0 amide bonds. The second-order valence-electron chi connectivity index (χ2n) is 32.9. The lowest BCUT2D eigenvalue weighted by atomic mass is 9.79. The molecule has 106 heavy (non-hydrogen) atoms. The van der Waals surface area contributed by atoms with Crippen molar-refractivity contribution in [3.05, 3.63) is 313 Å². The van der Waals surface area contributed by atoms with Gasteiger partial charge in [0.15, 0.2) is 23.2 Å². The number of rotatable bonds is 9. The molecule has 0 aliphatic carbocycles. The second kappa shape index (κ2) is 24.3. The number of aromatic nitrogens is 7. The molecule has 8 nitrogen and oxygen atoms in total. The van der Waals surface area contributed by atoms with Crippen molar-refractivity contribution in [1.29, 1.82) is 0 Å². The van der Waals surface area contributed by atoms with Gasteiger partial charge in [0.25, 0.3) is 0 Å². The Morgan fingerprint density at radius 3 is 0.906 bits per heavy atom. The van der Waals surface area contributed by atoms with Gasteiger partial charge in [-0.1, -0.05) is 229 Å². The molecule has 0 spiro atoms. The highest BCUT2D eigenvalue weighted by molar-refractivity contribution is 6.15. The standard InChI is InChI=1S/C98H82N8/c1-95(2,3)65-49-63(50-66(56-65)96(4,5)6)93-100-92(101-94(102-93)64-51-67(97(7,8)9)57-68(52-64)98(10,11)12)62-42-46-89(106-87-40-25-19-34-77(87)81-59-71(44-48-91(81)106)104-84-37-22-16-31-74(84)75-32-17-23-38-85(75)104)79(55-62)78-54-61(60-27-26-28-69(53-60)99-13)41-45-88(78)105-86-39-24-18-33-76(86)80-58-70(43-47-90(80)105)103-82-35-20-14-29-72(82)73-30-15-21-36-83(73)103/h14-59H,1-12H3. The predicted octanol–water partition coefficient (Wildman–Crippen LogP) is 26.3. The zero-order chi connectivity index (χ0) is 72.9. The fourth-order valence-electron chi connectivity index (χ4n) is 16.1. The Hall–Kier alpha value is -12.4. The van der Waals surface area contributed by atoms with Crippen molar-refractivity contribution in [1.82, 2.24) is 33.2 Å². The van der Waals surface area contributed by atoms with Gasteiger partial charge in [0.1, 0.15) is 0 Å². The normalized spacial score (nSPS) is 12.5. The van der Waals surface area contributed by atoms with Crippen LogP contribution in [0.2, 0.25) is 0 Å². The molecule has 13 aromatic carbocycles. The molecule has 8 heteroatoms. The van der Waals surface area contributed by atoms with Crippen molar-refractivity contribution in [3.63, 3.8) is 0 Å². The number of nitrogens with zero attached hydrogens (tertiary/aromatic N) is 8. The zero-order valence-electron chi connectivity index (χ0n) is 62.1. The SMILES string of the molecule is [C-]#[N+]c1cccc(-c2ccc(-n3c4ccccc4c4cc(-n5c6ccccc6c6ccccc65)ccc43)c(-c3cc(-c4nc(-c5cc(C(C)(C)C)cc(C(C)(C)C)c5)nc(-c5cc(C(C)(C)C)cc(C(C)(C)C)c5)n4)ccc3-n3c4ccccc4c4cc(-n5c6ccccc6c6ccccc65)ccc43)c2)c1. The lowest BCUT2D eigenvalue weighted by Crippen LogP contribution is -2.17. The van der Waals surface area contributed by atoms with Crippen molar-refractivity contribution in [3.8, 4) is 79.2 Å². The largest absolute Gasteiger partial charge is 0.309 e. The maximum Gasteiger partial charge on any atom is 0.187 e. The quantitative estimate of drug-likeness (QED) is 0.135. The molecule has 18 rings (SSSR count). The molecule has 5 heterocycles. The van der Waals surface area contributed by atoms with Crippen molar-refractivity contribution in [2.24, 2.45) is 0 Å². The van der Waals surface area contributed by atoms with Crippen LogP contribution in [0.5, 0.6) is 0 Å². The first kappa shape index (κ1) is 65.6. The highest BCUT2D eigenvalue weighted by Crippen LogP contribution is 2.47. The third-order valence-electron chi connectivity index (χ3n) is 21.8. The molecule has 0 aliphatic rings. The number of para-hydroxylation sites is 6. The van der Waals surface area contributed by atoms with Gasteiger partial charge in [-0.05, 0) is 189 Å². The summed E-state index contributed by atoms with van der Waals surface area (Å²) in [6.45, 7) is 35.7. The third-order valence-corrected chi connectivity index (χ3v) is 21.8. The number of benzene rings is 13. The minimum atomic E-state index is -0.171. The summed E-state index contributed by atoms with van der Waals surface area (Å²) in [7, 11) is 0. The molecule has 0 N–H and O–H groups in total. The molecule has 0 unspecified atom stereocenters. The fourth-order valence-corrected chi connectivity index (χ4v) is 16.1. The Balaban J connectivity index is 0.950. The van der Waals surface area contributed by atoms with Gasteiger partial charge in [0.2, 0.25) is 0 Å². The van der Waals surface area contributed by atoms with Crippen LogP contribution < -0.4 is 0 Å². The monoisotopic (exact) mass is 1370 g/mol. The van der Waals surface area contributed by atoms with Crippen molar-refractivity contribution in [2.45, 2.75) is 105 Å². The lowest BCUT2D eigenvalue weighted by Gasteiger charge is -2.26. The fraction of sp³-hybridized carbons (Fsp3) is 0.163. The maximum atomic E-state index is 8.26. The van der Waals surface area contributed by atoms with Gasteiger partial charge >= 0.3 is 0 Å². The molecule has 0 radical (unpaired) electrons. The van der Waals surface area contributed by atoms with Gasteiger partial charge in [-0.25, -0.2) is 19.8 Å². The summed E-state index contributed by atoms with van der Waals surface area (Å²) in [6, 6.07) is 102. The summed E-state index contributed by atoms with van der Waals surface area (Å²) in [4.78, 5) is 21.1. The van der Waals surface area contributed by atoms with Crippen LogP contribution in [0, 0.1) is 6.57 Å². The number of hydrogen-bond acceptors (Lipinski definition) is 3. The number of hydrogen-bond donors (Lipinski definition) is 0. The van der Waals surface area contributed by atoms with Gasteiger partial charge < -0.3 is 18.3 Å². The van der Waals surface area contributed by atoms with E-state index < -0.39 is 0 Å². The van der Waals surface area contributed by atoms with Crippen molar-refractivity contribution >= 4 is 92.9 Å².